The fourth-order valence-electron chi connectivity index (χ4n) is 2.73. The van der Waals surface area contributed by atoms with E-state index in [1.54, 1.807) is 36.6 Å². The number of nitrogen functional groups attached to an aromatic ring is 1. The number of nitrogens with two attached hydrogens (primary N) is 1. The molecule has 5 heteroatoms. The van der Waals surface area contributed by atoms with Gasteiger partial charge in [-0.1, -0.05) is 0 Å². The molecule has 0 bridgehead atoms. The summed E-state index contributed by atoms with van der Waals surface area (Å²) in [6, 6.07) is 7.33. The Kier molecular flexibility index (Phi) is 3.84. The van der Waals surface area contributed by atoms with Crippen molar-refractivity contribution in [2.75, 3.05) is 12.8 Å². The number of carbonyl (C=O) groups excluding carboxylic acids is 1. The third-order valence-electron chi connectivity index (χ3n) is 3.85. The van der Waals surface area contributed by atoms with Crippen LogP contribution in [0.25, 0.3) is 0 Å². The van der Waals surface area contributed by atoms with Gasteiger partial charge < -0.3 is 15.8 Å². The van der Waals surface area contributed by atoms with Crippen molar-refractivity contribution in [2.24, 2.45) is 0 Å². The van der Waals surface area contributed by atoms with Gasteiger partial charge in [0, 0.05) is 10.4 Å². The molecular formula is C16H18N2O2S. The maximum absolute atomic E-state index is 12.4. The Morgan fingerprint density at radius 3 is 3.10 bits per heavy atom. The lowest BCUT2D eigenvalue weighted by atomic mass is 9.94. The summed E-state index contributed by atoms with van der Waals surface area (Å²) in [6.45, 7) is 0. The number of thiophene rings is 1. The second-order valence-corrected chi connectivity index (χ2v) is 6.17. The SMILES string of the molecule is COc1cc(C(=O)NC2CCCc3sccc32)ccc1N. The molecule has 21 heavy (non-hydrogen) atoms. The molecule has 2 aromatic rings. The van der Waals surface area contributed by atoms with Gasteiger partial charge in [-0.25, -0.2) is 0 Å². The van der Waals surface area contributed by atoms with Crippen molar-refractivity contribution in [3.63, 3.8) is 0 Å². The number of hydrogen-bond acceptors (Lipinski definition) is 4. The zero-order chi connectivity index (χ0) is 14.8. The van der Waals surface area contributed by atoms with E-state index in [9.17, 15) is 4.79 Å². The second kappa shape index (κ2) is 5.77. The molecule has 0 aliphatic heterocycles. The molecule has 1 unspecified atom stereocenters. The van der Waals surface area contributed by atoms with Gasteiger partial charge in [0.25, 0.3) is 5.91 Å². The number of aryl methyl sites for hydroxylation is 1. The molecule has 3 N–H and O–H groups in total. The first kappa shape index (κ1) is 13.9. The Morgan fingerprint density at radius 2 is 2.29 bits per heavy atom. The number of rotatable bonds is 3. The highest BCUT2D eigenvalue weighted by Gasteiger charge is 2.23. The first-order chi connectivity index (χ1) is 10.2. The normalized spacial score (nSPS) is 17.1. The van der Waals surface area contributed by atoms with Gasteiger partial charge in [-0.15, -0.1) is 11.3 Å². The molecule has 3 rings (SSSR count). The van der Waals surface area contributed by atoms with Crippen molar-refractivity contribution in [1.29, 1.82) is 0 Å². The third-order valence-corrected chi connectivity index (χ3v) is 4.85. The van der Waals surface area contributed by atoms with Crippen molar-refractivity contribution in [3.8, 4) is 5.75 Å². The number of methoxy groups -OCH3 is 1. The molecule has 1 atom stereocenters. The van der Waals surface area contributed by atoms with E-state index in [1.165, 1.54) is 10.4 Å². The van der Waals surface area contributed by atoms with Crippen LogP contribution in [0.4, 0.5) is 5.69 Å². The van der Waals surface area contributed by atoms with Gasteiger partial charge in [0.05, 0.1) is 18.8 Å². The van der Waals surface area contributed by atoms with Gasteiger partial charge in [-0.05, 0) is 54.5 Å². The number of benzene rings is 1. The minimum absolute atomic E-state index is 0.0858. The van der Waals surface area contributed by atoms with Gasteiger partial charge >= 0.3 is 0 Å². The summed E-state index contributed by atoms with van der Waals surface area (Å²) >= 11 is 1.77. The van der Waals surface area contributed by atoms with E-state index in [0.29, 0.717) is 17.0 Å². The van der Waals surface area contributed by atoms with Crippen LogP contribution in [0.2, 0.25) is 0 Å². The highest BCUT2D eigenvalue weighted by Crippen LogP contribution is 2.33. The van der Waals surface area contributed by atoms with Crippen LogP contribution in [0.1, 0.15) is 39.7 Å². The summed E-state index contributed by atoms with van der Waals surface area (Å²) in [5.74, 6) is 0.444. The van der Waals surface area contributed by atoms with Crippen LogP contribution in [0.3, 0.4) is 0 Å². The molecule has 0 radical (unpaired) electrons. The van der Waals surface area contributed by atoms with Crippen molar-refractivity contribution in [1.82, 2.24) is 5.32 Å². The van der Waals surface area contributed by atoms with Crippen LogP contribution in [-0.4, -0.2) is 13.0 Å². The highest BCUT2D eigenvalue weighted by atomic mass is 32.1. The Morgan fingerprint density at radius 1 is 1.43 bits per heavy atom. The van der Waals surface area contributed by atoms with E-state index in [0.717, 1.165) is 19.3 Å². The molecule has 1 heterocycles. The van der Waals surface area contributed by atoms with Crippen molar-refractivity contribution < 1.29 is 9.53 Å². The Labute approximate surface area is 127 Å². The molecule has 1 amide bonds. The quantitative estimate of drug-likeness (QED) is 0.856. The van der Waals surface area contributed by atoms with Gasteiger partial charge in [0.2, 0.25) is 0 Å². The number of anilines is 1. The maximum Gasteiger partial charge on any atom is 0.251 e. The Hall–Kier alpha value is -2.01. The standard InChI is InChI=1S/C16H18N2O2S/c1-20-14-9-10(5-6-12(14)17)16(19)18-13-3-2-4-15-11(13)7-8-21-15/h5-9,13H,2-4,17H2,1H3,(H,18,19). The molecule has 0 fully saturated rings. The van der Waals surface area contributed by atoms with E-state index in [1.807, 2.05) is 0 Å². The van der Waals surface area contributed by atoms with E-state index in [-0.39, 0.29) is 11.9 Å². The van der Waals surface area contributed by atoms with Crippen LogP contribution in [-0.2, 0) is 6.42 Å². The lowest BCUT2D eigenvalue weighted by Crippen LogP contribution is -2.30. The second-order valence-electron chi connectivity index (χ2n) is 5.17. The molecule has 4 nitrogen and oxygen atoms in total. The summed E-state index contributed by atoms with van der Waals surface area (Å²) in [5.41, 5.74) is 8.15. The van der Waals surface area contributed by atoms with Crippen LogP contribution in [0.5, 0.6) is 5.75 Å². The number of nitrogens with one attached hydrogen (secondary N) is 1. The third kappa shape index (κ3) is 2.74. The zero-order valence-electron chi connectivity index (χ0n) is 11.9. The predicted octanol–water partition coefficient (Wildman–Crippen LogP) is 3.15. The van der Waals surface area contributed by atoms with Gasteiger partial charge in [-0.3, -0.25) is 4.79 Å². The zero-order valence-corrected chi connectivity index (χ0v) is 12.7. The maximum atomic E-state index is 12.4. The molecule has 0 saturated carbocycles. The van der Waals surface area contributed by atoms with Crippen LogP contribution < -0.4 is 15.8 Å². The molecular weight excluding hydrogens is 284 g/mol. The Bertz CT molecular complexity index is 666. The minimum atomic E-state index is -0.0858. The van der Waals surface area contributed by atoms with Gasteiger partial charge in [-0.2, -0.15) is 0 Å². The number of ether oxygens (including phenoxy) is 1. The topological polar surface area (TPSA) is 64.3 Å². The van der Waals surface area contributed by atoms with E-state index < -0.39 is 0 Å². The average molecular weight is 302 g/mol. The van der Waals surface area contributed by atoms with Gasteiger partial charge in [0.15, 0.2) is 0 Å². The number of amides is 1. The molecule has 1 aromatic heterocycles. The van der Waals surface area contributed by atoms with Crippen molar-refractivity contribution >= 4 is 22.9 Å². The fraction of sp³-hybridized carbons (Fsp3) is 0.312. The molecule has 1 aliphatic carbocycles. The molecule has 1 aliphatic rings. The van der Waals surface area contributed by atoms with Crippen LogP contribution in [0.15, 0.2) is 29.6 Å². The number of carbonyl (C=O) groups is 1. The van der Waals surface area contributed by atoms with E-state index in [2.05, 4.69) is 16.8 Å². The summed E-state index contributed by atoms with van der Waals surface area (Å²) in [5, 5.41) is 5.22. The molecule has 0 saturated heterocycles. The average Bonchev–Trinajstić information content (AvgIpc) is 2.97. The van der Waals surface area contributed by atoms with Crippen LogP contribution >= 0.6 is 11.3 Å². The number of fused-ring (bicyclic) bond motifs is 1. The fourth-order valence-corrected chi connectivity index (χ4v) is 3.72. The lowest BCUT2D eigenvalue weighted by Gasteiger charge is -2.23. The lowest BCUT2D eigenvalue weighted by molar-refractivity contribution is 0.0932. The molecule has 0 spiro atoms. The van der Waals surface area contributed by atoms with Crippen molar-refractivity contribution in [3.05, 3.63) is 45.6 Å². The van der Waals surface area contributed by atoms with E-state index >= 15 is 0 Å². The highest BCUT2D eigenvalue weighted by molar-refractivity contribution is 7.10. The first-order valence-electron chi connectivity index (χ1n) is 6.99. The largest absolute Gasteiger partial charge is 0.495 e. The van der Waals surface area contributed by atoms with Crippen LogP contribution in [0, 0.1) is 0 Å². The van der Waals surface area contributed by atoms with Gasteiger partial charge in [0.1, 0.15) is 5.75 Å². The summed E-state index contributed by atoms with van der Waals surface area (Å²) in [7, 11) is 1.55. The minimum Gasteiger partial charge on any atom is -0.495 e. The summed E-state index contributed by atoms with van der Waals surface area (Å²) in [4.78, 5) is 13.8. The molecule has 110 valence electrons. The summed E-state index contributed by atoms with van der Waals surface area (Å²) < 4.78 is 5.17. The Balaban J connectivity index is 1.79. The van der Waals surface area contributed by atoms with Crippen molar-refractivity contribution in [2.45, 2.75) is 25.3 Å². The first-order valence-corrected chi connectivity index (χ1v) is 7.87. The monoisotopic (exact) mass is 302 g/mol. The molecule has 1 aromatic carbocycles. The summed E-state index contributed by atoms with van der Waals surface area (Å²) in [6.07, 6.45) is 3.22. The van der Waals surface area contributed by atoms with E-state index in [4.69, 9.17) is 10.5 Å². The predicted molar refractivity (Wildman–Crippen MR) is 84.9 cm³/mol. The smallest absolute Gasteiger partial charge is 0.251 e. The number of hydrogen-bond donors (Lipinski definition) is 2.